The van der Waals surface area contributed by atoms with Gasteiger partial charge >= 0.3 is 94.3 Å². The second kappa shape index (κ2) is 3.41. The second-order valence-electron chi connectivity index (χ2n) is 3.70. The van der Waals surface area contributed by atoms with Crippen molar-refractivity contribution in [2.45, 2.75) is 0 Å². The Balaban J connectivity index is 2.28. The van der Waals surface area contributed by atoms with Gasteiger partial charge in [0.1, 0.15) is 0 Å². The van der Waals surface area contributed by atoms with Crippen molar-refractivity contribution in [3.8, 4) is 0 Å². The Morgan fingerprint density at radius 2 is 2.20 bits per heavy atom. The number of anilines is 2. The molecule has 0 atom stereocenters. The number of nitrogens with zero attached hydrogens (tertiary/aromatic N) is 1. The number of aromatic amines is 1. The van der Waals surface area contributed by atoms with Crippen molar-refractivity contribution in [2.24, 2.45) is 0 Å². The predicted octanol–water partition coefficient (Wildman–Crippen LogP) is 1.45. The van der Waals surface area contributed by atoms with Gasteiger partial charge in [-0.2, -0.15) is 0 Å². The van der Waals surface area contributed by atoms with Crippen LogP contribution in [0, 0.1) is 0 Å². The first kappa shape index (κ1) is 9.02. The number of benzene rings is 1. The number of hydrogen-bond donors (Lipinski definition) is 2. The van der Waals surface area contributed by atoms with E-state index in [1.165, 1.54) is 22.4 Å². The summed E-state index contributed by atoms with van der Waals surface area (Å²) in [5, 5.41) is 8.78. The quantitative estimate of drug-likeness (QED) is 0.702. The van der Waals surface area contributed by atoms with Gasteiger partial charge in [-0.3, -0.25) is 0 Å². The average molecular weight is 213 g/mol. The summed E-state index contributed by atoms with van der Waals surface area (Å²) < 4.78 is 2.35. The van der Waals surface area contributed by atoms with Gasteiger partial charge in [-0.15, -0.1) is 0 Å². The van der Waals surface area contributed by atoms with Crippen LogP contribution in [0.2, 0.25) is 0 Å². The molecule has 1 aliphatic heterocycles. The first-order chi connectivity index (χ1) is 7.40. The predicted molar refractivity (Wildman–Crippen MR) is 67.0 cm³/mol. The first-order valence-corrected chi connectivity index (χ1v) is 6.47. The van der Waals surface area contributed by atoms with Gasteiger partial charge in [-0.05, 0) is 0 Å². The van der Waals surface area contributed by atoms with Crippen molar-refractivity contribution in [3.63, 3.8) is 0 Å². The van der Waals surface area contributed by atoms with E-state index in [0.29, 0.717) is 0 Å². The summed E-state index contributed by atoms with van der Waals surface area (Å²) in [6, 6.07) is 8.41. The molecule has 15 heavy (non-hydrogen) atoms. The number of hydrogen-bond acceptors (Lipinski definition) is 2. The van der Waals surface area contributed by atoms with E-state index < -0.39 is 0 Å². The number of fused-ring (bicyclic) bond motifs is 3. The molecule has 0 amide bonds. The van der Waals surface area contributed by atoms with E-state index in [9.17, 15) is 0 Å². The summed E-state index contributed by atoms with van der Waals surface area (Å²) in [6.45, 7) is 2.07. The molecule has 0 aliphatic carbocycles. The molecule has 0 unspecified atom stereocenters. The van der Waals surface area contributed by atoms with E-state index in [0.717, 1.165) is 13.1 Å². The maximum atomic E-state index is 4.04. The topological polar surface area (TPSA) is 31.1 Å². The fourth-order valence-electron chi connectivity index (χ4n) is 2.12. The SMILES string of the molecule is [CH2]=[Al][N]1CCNc2c1[nH]c1ccccc21. The van der Waals surface area contributed by atoms with Crippen molar-refractivity contribution >= 4 is 42.8 Å². The zero-order valence-corrected chi connectivity index (χ0v) is 9.61. The van der Waals surface area contributed by atoms with Crippen LogP contribution in [0.4, 0.5) is 11.5 Å². The molecule has 0 saturated carbocycles. The van der Waals surface area contributed by atoms with Gasteiger partial charge in [0.15, 0.2) is 0 Å². The third-order valence-corrected chi connectivity index (χ3v) is 3.81. The van der Waals surface area contributed by atoms with Crippen LogP contribution in [-0.4, -0.2) is 38.5 Å². The molecule has 0 bridgehead atoms. The summed E-state index contributed by atoms with van der Waals surface area (Å²) in [4.78, 5) is 3.46. The molecule has 74 valence electrons. The molecular formula is C11H12AlN3. The fraction of sp³-hybridized carbons (Fsp3) is 0.182. The van der Waals surface area contributed by atoms with Gasteiger partial charge in [-0.1, -0.05) is 0 Å². The molecule has 2 aromatic rings. The third-order valence-electron chi connectivity index (χ3n) is 2.85. The molecule has 0 radical (unpaired) electrons. The summed E-state index contributed by atoms with van der Waals surface area (Å²) in [6.07, 6.45) is 0. The van der Waals surface area contributed by atoms with Crippen LogP contribution in [0.5, 0.6) is 0 Å². The Morgan fingerprint density at radius 1 is 1.33 bits per heavy atom. The Hall–Kier alpha value is -1.24. The normalized spacial score (nSPS) is 14.5. The van der Waals surface area contributed by atoms with Crippen LogP contribution in [0.15, 0.2) is 24.3 Å². The van der Waals surface area contributed by atoms with Gasteiger partial charge in [0.25, 0.3) is 0 Å². The fourth-order valence-corrected chi connectivity index (χ4v) is 2.81. The molecule has 0 spiro atoms. The van der Waals surface area contributed by atoms with Crippen molar-refractivity contribution in [1.82, 2.24) is 4.98 Å². The summed E-state index contributed by atoms with van der Waals surface area (Å²) in [5.41, 5.74) is 2.45. The minimum absolute atomic E-state index is 0.0983. The first-order valence-electron chi connectivity index (χ1n) is 5.14. The van der Waals surface area contributed by atoms with Gasteiger partial charge in [0, 0.05) is 0 Å². The van der Waals surface area contributed by atoms with Gasteiger partial charge in [0.05, 0.1) is 0 Å². The Bertz CT molecular complexity index is 518. The zero-order valence-electron chi connectivity index (χ0n) is 8.46. The Morgan fingerprint density at radius 3 is 3.07 bits per heavy atom. The van der Waals surface area contributed by atoms with Crippen LogP contribution in [0.3, 0.4) is 0 Å². The third kappa shape index (κ3) is 1.30. The number of aromatic nitrogens is 1. The minimum atomic E-state index is 0.0983. The maximum absolute atomic E-state index is 4.04. The molecule has 3 rings (SSSR count). The molecule has 2 heterocycles. The molecule has 2 N–H and O–H groups in total. The summed E-state index contributed by atoms with van der Waals surface area (Å²) in [5.74, 6) is 1.22. The molecule has 0 saturated heterocycles. The van der Waals surface area contributed by atoms with Crippen molar-refractivity contribution in [3.05, 3.63) is 24.3 Å². The van der Waals surface area contributed by atoms with Crippen LogP contribution in [-0.2, 0) is 0 Å². The van der Waals surface area contributed by atoms with E-state index in [1.807, 2.05) is 0 Å². The van der Waals surface area contributed by atoms with Gasteiger partial charge < -0.3 is 0 Å². The van der Waals surface area contributed by atoms with Crippen LogP contribution in [0.25, 0.3) is 10.9 Å². The average Bonchev–Trinajstić information content (AvgIpc) is 2.67. The van der Waals surface area contributed by atoms with Crippen molar-refractivity contribution in [1.29, 1.82) is 0 Å². The van der Waals surface area contributed by atoms with Gasteiger partial charge in [-0.25, -0.2) is 0 Å². The zero-order chi connectivity index (χ0) is 10.3. The Labute approximate surface area is 94.6 Å². The second-order valence-corrected chi connectivity index (χ2v) is 4.69. The van der Waals surface area contributed by atoms with E-state index >= 15 is 0 Å². The monoisotopic (exact) mass is 213 g/mol. The molecule has 1 aromatic carbocycles. The van der Waals surface area contributed by atoms with E-state index in [1.54, 1.807) is 0 Å². The molecule has 0 fully saturated rings. The molecule has 1 aromatic heterocycles. The number of rotatable bonds is 1. The molecule has 3 nitrogen and oxygen atoms in total. The van der Waals surface area contributed by atoms with Crippen LogP contribution in [0.1, 0.15) is 0 Å². The van der Waals surface area contributed by atoms with Crippen molar-refractivity contribution in [2.75, 3.05) is 22.3 Å². The van der Waals surface area contributed by atoms with Crippen molar-refractivity contribution < 1.29 is 0 Å². The molecule has 4 heteroatoms. The number of para-hydroxylation sites is 1. The molecular weight excluding hydrogens is 201 g/mol. The number of nitrogens with one attached hydrogen (secondary N) is 2. The van der Waals surface area contributed by atoms with Crippen LogP contribution >= 0.6 is 0 Å². The molecule has 1 aliphatic rings. The van der Waals surface area contributed by atoms with Crippen LogP contribution < -0.4 is 9.20 Å². The summed E-state index contributed by atoms with van der Waals surface area (Å²) in [7, 11) is 0. The number of H-pyrrole nitrogens is 1. The van der Waals surface area contributed by atoms with E-state index in [4.69, 9.17) is 0 Å². The Kier molecular flexibility index (Phi) is 2.05. The van der Waals surface area contributed by atoms with E-state index in [-0.39, 0.29) is 15.0 Å². The van der Waals surface area contributed by atoms with Gasteiger partial charge in [0.2, 0.25) is 0 Å². The summed E-state index contributed by atoms with van der Waals surface area (Å²) >= 11 is 0.0983. The standard InChI is InChI=1S/C10H10N3.CH2.Al/c1-2-4-8-7(3-1)9-10(13-8)12-6-5-11-9;;/h1-4,11,13H,5-6H2;1H2;/q-1;;+1. The van der Waals surface area contributed by atoms with E-state index in [2.05, 4.69) is 43.8 Å².